The van der Waals surface area contributed by atoms with Crippen LogP contribution in [-0.2, 0) is 26.2 Å². The van der Waals surface area contributed by atoms with Gasteiger partial charge in [0.2, 0.25) is 11.8 Å². The SMILES string of the molecule is CC[C@@H](C)NC(=O)[C@H](C)N(Cc1ccccc1F)C(=O)CN(c1cc(OC)ccc1OC)S(=O)(=O)c1ccc(OC)c(OC)c1. The van der Waals surface area contributed by atoms with Gasteiger partial charge in [0.25, 0.3) is 10.0 Å². The predicted octanol–water partition coefficient (Wildman–Crippen LogP) is 4.39. The zero-order chi connectivity index (χ0) is 33.3. The van der Waals surface area contributed by atoms with E-state index >= 15 is 0 Å². The van der Waals surface area contributed by atoms with Crippen LogP contribution < -0.4 is 28.6 Å². The summed E-state index contributed by atoms with van der Waals surface area (Å²) in [7, 11) is 1.05. The maximum absolute atomic E-state index is 14.8. The van der Waals surface area contributed by atoms with Gasteiger partial charge in [-0.2, -0.15) is 0 Å². The second-order valence-corrected chi connectivity index (χ2v) is 12.0. The van der Waals surface area contributed by atoms with Gasteiger partial charge in [-0.1, -0.05) is 25.1 Å². The van der Waals surface area contributed by atoms with E-state index in [2.05, 4.69) is 5.32 Å². The number of nitrogens with zero attached hydrogens (tertiary/aromatic N) is 2. The molecule has 0 fully saturated rings. The van der Waals surface area contributed by atoms with E-state index in [1.165, 1.54) is 83.9 Å². The fraction of sp³-hybridized carbons (Fsp3) is 0.375. The molecule has 45 heavy (non-hydrogen) atoms. The number of methoxy groups -OCH3 is 4. The average Bonchev–Trinajstić information content (AvgIpc) is 3.05. The minimum absolute atomic E-state index is 0.00235. The minimum Gasteiger partial charge on any atom is -0.497 e. The third-order valence-corrected chi connectivity index (χ3v) is 9.10. The van der Waals surface area contributed by atoms with Crippen LogP contribution in [0.4, 0.5) is 10.1 Å². The molecule has 0 heterocycles. The molecular formula is C32H40FN3O8S. The van der Waals surface area contributed by atoms with Crippen molar-refractivity contribution in [1.29, 1.82) is 0 Å². The van der Waals surface area contributed by atoms with Gasteiger partial charge in [0.1, 0.15) is 29.9 Å². The fourth-order valence-corrected chi connectivity index (χ4v) is 5.90. The fourth-order valence-electron chi connectivity index (χ4n) is 4.47. The summed E-state index contributed by atoms with van der Waals surface area (Å²) in [5.74, 6) is -0.921. The minimum atomic E-state index is -4.51. The molecule has 0 aromatic heterocycles. The molecule has 2 amide bonds. The first-order chi connectivity index (χ1) is 21.4. The van der Waals surface area contributed by atoms with Crippen LogP contribution in [-0.4, -0.2) is 72.2 Å². The molecule has 3 aromatic rings. The predicted molar refractivity (Wildman–Crippen MR) is 168 cm³/mol. The van der Waals surface area contributed by atoms with Gasteiger partial charge in [0, 0.05) is 30.3 Å². The molecule has 11 nitrogen and oxygen atoms in total. The lowest BCUT2D eigenvalue weighted by Gasteiger charge is -2.33. The van der Waals surface area contributed by atoms with Crippen molar-refractivity contribution in [3.63, 3.8) is 0 Å². The third-order valence-electron chi connectivity index (χ3n) is 7.34. The highest BCUT2D eigenvalue weighted by atomic mass is 32.2. The Morgan fingerprint density at radius 2 is 1.51 bits per heavy atom. The highest BCUT2D eigenvalue weighted by molar-refractivity contribution is 7.92. The summed E-state index contributed by atoms with van der Waals surface area (Å²) in [5.41, 5.74) is 0.157. The molecule has 0 saturated heterocycles. The van der Waals surface area contributed by atoms with Crippen molar-refractivity contribution in [2.45, 2.75) is 50.7 Å². The number of halogens is 1. The smallest absolute Gasteiger partial charge is 0.265 e. The van der Waals surface area contributed by atoms with E-state index in [4.69, 9.17) is 18.9 Å². The van der Waals surface area contributed by atoms with Gasteiger partial charge in [-0.3, -0.25) is 13.9 Å². The second kappa shape index (κ2) is 15.5. The van der Waals surface area contributed by atoms with Crippen LogP contribution in [0.2, 0.25) is 0 Å². The first-order valence-corrected chi connectivity index (χ1v) is 15.7. The highest BCUT2D eigenvalue weighted by Crippen LogP contribution is 2.37. The van der Waals surface area contributed by atoms with Crippen LogP contribution in [0.15, 0.2) is 65.6 Å². The molecule has 3 rings (SSSR count). The summed E-state index contributed by atoms with van der Waals surface area (Å²) < 4.78 is 65.8. The Balaban J connectivity index is 2.18. The number of anilines is 1. The molecule has 13 heteroatoms. The first kappa shape index (κ1) is 35.0. The third kappa shape index (κ3) is 8.15. The molecule has 0 aliphatic heterocycles. The number of ether oxygens (including phenoxy) is 4. The molecule has 0 spiro atoms. The monoisotopic (exact) mass is 645 g/mol. The lowest BCUT2D eigenvalue weighted by atomic mass is 10.1. The Hall–Kier alpha value is -4.52. The standard InChI is InChI=1S/C32H40FN3O8S/c1-8-21(2)34-32(38)22(3)35(19-23-11-9-10-12-26(23)33)31(37)20-36(27-17-24(41-4)13-15-28(27)42-5)45(39,40)25-14-16-29(43-6)30(18-25)44-7/h9-18,21-22H,8,19-20H2,1-7H3,(H,34,38)/t21-,22+/m1/s1. The maximum Gasteiger partial charge on any atom is 0.265 e. The number of hydrogen-bond donors (Lipinski definition) is 1. The van der Waals surface area contributed by atoms with E-state index in [0.29, 0.717) is 17.9 Å². The summed E-state index contributed by atoms with van der Waals surface area (Å²) >= 11 is 0. The molecule has 2 atom stereocenters. The maximum atomic E-state index is 14.8. The van der Waals surface area contributed by atoms with Crippen molar-refractivity contribution >= 4 is 27.5 Å². The van der Waals surface area contributed by atoms with Crippen LogP contribution in [0.1, 0.15) is 32.8 Å². The van der Waals surface area contributed by atoms with Crippen molar-refractivity contribution < 1.29 is 41.3 Å². The Morgan fingerprint density at radius 3 is 2.11 bits per heavy atom. The molecule has 0 saturated carbocycles. The van der Waals surface area contributed by atoms with Crippen molar-refractivity contribution in [2.75, 3.05) is 39.3 Å². The molecule has 244 valence electrons. The largest absolute Gasteiger partial charge is 0.497 e. The Morgan fingerprint density at radius 1 is 0.867 bits per heavy atom. The molecule has 0 radical (unpaired) electrons. The van der Waals surface area contributed by atoms with E-state index in [1.54, 1.807) is 12.1 Å². The number of carbonyl (C=O) groups excluding carboxylic acids is 2. The molecule has 0 bridgehead atoms. The Bertz CT molecular complexity index is 1600. The van der Waals surface area contributed by atoms with Crippen LogP contribution in [0, 0.1) is 5.82 Å². The molecule has 0 aliphatic rings. The molecule has 0 aliphatic carbocycles. The lowest BCUT2D eigenvalue weighted by Crippen LogP contribution is -2.52. The van der Waals surface area contributed by atoms with Crippen LogP contribution >= 0.6 is 0 Å². The quantitative estimate of drug-likeness (QED) is 0.258. The van der Waals surface area contributed by atoms with Gasteiger partial charge in [-0.25, -0.2) is 12.8 Å². The summed E-state index contributed by atoms with van der Waals surface area (Å²) in [5, 5.41) is 2.84. The van der Waals surface area contributed by atoms with E-state index in [1.807, 2.05) is 13.8 Å². The van der Waals surface area contributed by atoms with Crippen molar-refractivity contribution in [3.8, 4) is 23.0 Å². The number of rotatable bonds is 15. The summed E-state index contributed by atoms with van der Waals surface area (Å²) in [6, 6.07) is 13.1. The summed E-state index contributed by atoms with van der Waals surface area (Å²) in [4.78, 5) is 28.4. The number of nitrogens with one attached hydrogen (secondary N) is 1. The van der Waals surface area contributed by atoms with Gasteiger partial charge in [0.15, 0.2) is 11.5 Å². The van der Waals surface area contributed by atoms with E-state index < -0.39 is 40.2 Å². The Kier molecular flexibility index (Phi) is 12.0. The number of benzene rings is 3. The van der Waals surface area contributed by atoms with E-state index in [0.717, 1.165) is 9.21 Å². The van der Waals surface area contributed by atoms with Gasteiger partial charge in [-0.05, 0) is 50.6 Å². The van der Waals surface area contributed by atoms with Crippen LogP contribution in [0.25, 0.3) is 0 Å². The van der Waals surface area contributed by atoms with Gasteiger partial charge < -0.3 is 29.2 Å². The summed E-state index contributed by atoms with van der Waals surface area (Å²) in [6.45, 7) is 4.17. The van der Waals surface area contributed by atoms with Gasteiger partial charge >= 0.3 is 0 Å². The average molecular weight is 646 g/mol. The number of amides is 2. The van der Waals surface area contributed by atoms with Crippen LogP contribution in [0.5, 0.6) is 23.0 Å². The first-order valence-electron chi connectivity index (χ1n) is 14.2. The van der Waals surface area contributed by atoms with Crippen LogP contribution in [0.3, 0.4) is 0 Å². The molecule has 3 aromatic carbocycles. The van der Waals surface area contributed by atoms with E-state index in [-0.39, 0.29) is 40.2 Å². The Labute approximate surface area is 263 Å². The summed E-state index contributed by atoms with van der Waals surface area (Å²) in [6.07, 6.45) is 0.646. The highest BCUT2D eigenvalue weighted by Gasteiger charge is 2.35. The molecular weight excluding hydrogens is 605 g/mol. The van der Waals surface area contributed by atoms with Gasteiger partial charge in [-0.15, -0.1) is 0 Å². The zero-order valence-electron chi connectivity index (χ0n) is 26.5. The van der Waals surface area contributed by atoms with Crippen molar-refractivity contribution in [3.05, 3.63) is 72.0 Å². The lowest BCUT2D eigenvalue weighted by molar-refractivity contribution is -0.139. The van der Waals surface area contributed by atoms with Crippen molar-refractivity contribution in [2.24, 2.45) is 0 Å². The number of carbonyl (C=O) groups is 2. The van der Waals surface area contributed by atoms with Crippen molar-refractivity contribution in [1.82, 2.24) is 10.2 Å². The molecule has 0 unspecified atom stereocenters. The number of hydrogen-bond acceptors (Lipinski definition) is 8. The molecule has 1 N–H and O–H groups in total. The topological polar surface area (TPSA) is 124 Å². The number of sulfonamides is 1. The normalized spacial score (nSPS) is 12.4. The zero-order valence-corrected chi connectivity index (χ0v) is 27.3. The van der Waals surface area contributed by atoms with E-state index in [9.17, 15) is 22.4 Å². The second-order valence-electron chi connectivity index (χ2n) is 10.2. The van der Waals surface area contributed by atoms with Gasteiger partial charge in [0.05, 0.1) is 39.0 Å².